The third-order valence-electron chi connectivity index (χ3n) is 5.54. The van der Waals surface area contributed by atoms with Gasteiger partial charge in [-0.2, -0.15) is 0 Å². The molecule has 0 unspecified atom stereocenters. The minimum atomic E-state index is -0.461. The van der Waals surface area contributed by atoms with E-state index in [9.17, 15) is 9.18 Å². The van der Waals surface area contributed by atoms with Gasteiger partial charge in [-0.05, 0) is 61.0 Å². The van der Waals surface area contributed by atoms with Crippen molar-refractivity contribution in [3.8, 4) is 22.5 Å². The second-order valence-electron chi connectivity index (χ2n) is 7.68. The molecule has 7 heteroatoms. The average molecular weight is 437 g/mol. The van der Waals surface area contributed by atoms with Gasteiger partial charge in [0.1, 0.15) is 11.6 Å². The zero-order valence-electron chi connectivity index (χ0n) is 17.8. The van der Waals surface area contributed by atoms with Crippen molar-refractivity contribution in [2.45, 2.75) is 12.8 Å². The van der Waals surface area contributed by atoms with E-state index < -0.39 is 5.92 Å². The summed E-state index contributed by atoms with van der Waals surface area (Å²) in [6.07, 6.45) is 5.14. The summed E-state index contributed by atoms with van der Waals surface area (Å²) in [5.41, 5.74) is 5.79. The summed E-state index contributed by atoms with van der Waals surface area (Å²) in [6, 6.07) is 19.2. The van der Waals surface area contributed by atoms with Crippen LogP contribution < -0.4 is 5.32 Å². The van der Waals surface area contributed by atoms with Crippen molar-refractivity contribution in [1.82, 2.24) is 19.9 Å². The molecule has 0 radical (unpaired) electrons. The fourth-order valence-corrected chi connectivity index (χ4v) is 3.79. The van der Waals surface area contributed by atoms with E-state index in [1.54, 1.807) is 37.6 Å². The van der Waals surface area contributed by atoms with Gasteiger partial charge in [0.05, 0.1) is 33.9 Å². The lowest BCUT2D eigenvalue weighted by Crippen LogP contribution is -2.19. The number of hydrogen-bond acceptors (Lipinski definition) is 4. The molecular formula is C26H20FN5O. The molecule has 33 heavy (non-hydrogen) atoms. The first-order valence-electron chi connectivity index (χ1n) is 10.5. The van der Waals surface area contributed by atoms with Crippen LogP contribution in [0, 0.1) is 5.82 Å². The number of nitrogens with zero attached hydrogens (tertiary/aromatic N) is 3. The third kappa shape index (κ3) is 4.08. The highest BCUT2D eigenvalue weighted by molar-refractivity contribution is 6.01. The van der Waals surface area contributed by atoms with Crippen molar-refractivity contribution < 1.29 is 9.18 Å². The Kier molecular flexibility index (Phi) is 5.36. The molecule has 0 aliphatic carbocycles. The van der Waals surface area contributed by atoms with Gasteiger partial charge in [0.15, 0.2) is 0 Å². The predicted molar refractivity (Wildman–Crippen MR) is 126 cm³/mol. The second-order valence-corrected chi connectivity index (χ2v) is 7.68. The highest BCUT2D eigenvalue weighted by Gasteiger charge is 2.19. The zero-order chi connectivity index (χ0) is 22.8. The van der Waals surface area contributed by atoms with Crippen LogP contribution in [0.4, 0.5) is 10.2 Å². The van der Waals surface area contributed by atoms with Crippen LogP contribution in [0.3, 0.4) is 0 Å². The number of amides is 1. The van der Waals surface area contributed by atoms with Crippen LogP contribution in [-0.2, 0) is 4.79 Å². The standard InChI is InChI=1S/C26H20FN5O/c1-16(17-7-9-19(27)10-8-17)26(33)32-22-15-18(11-14-29-22)24-23(20-5-2-3-12-28-20)25-21(31-24)6-4-13-30-25/h2-16,31H,1H3,(H,29,32,33)/t16-/m0/s1. The molecule has 2 N–H and O–H groups in total. The van der Waals surface area contributed by atoms with Crippen LogP contribution in [0.25, 0.3) is 33.5 Å². The van der Waals surface area contributed by atoms with Crippen molar-refractivity contribution in [3.05, 3.63) is 96.7 Å². The maximum atomic E-state index is 13.2. The quantitative estimate of drug-likeness (QED) is 0.377. The van der Waals surface area contributed by atoms with Crippen LogP contribution in [0.5, 0.6) is 0 Å². The summed E-state index contributed by atoms with van der Waals surface area (Å²) >= 11 is 0. The number of hydrogen-bond donors (Lipinski definition) is 2. The van der Waals surface area contributed by atoms with Crippen molar-refractivity contribution in [2.24, 2.45) is 0 Å². The number of carbonyl (C=O) groups excluding carboxylic acids is 1. The van der Waals surface area contributed by atoms with Crippen LogP contribution in [0.15, 0.2) is 85.3 Å². The first-order chi connectivity index (χ1) is 16.1. The molecule has 0 bridgehead atoms. The highest BCUT2D eigenvalue weighted by Crippen LogP contribution is 2.36. The van der Waals surface area contributed by atoms with Crippen LogP contribution in [-0.4, -0.2) is 25.8 Å². The summed E-state index contributed by atoms with van der Waals surface area (Å²) in [4.78, 5) is 29.6. The first kappa shape index (κ1) is 20.5. The largest absolute Gasteiger partial charge is 0.353 e. The van der Waals surface area contributed by atoms with E-state index in [-0.39, 0.29) is 11.7 Å². The molecular weight excluding hydrogens is 417 g/mol. The molecule has 0 saturated carbocycles. The van der Waals surface area contributed by atoms with Crippen LogP contribution in [0.1, 0.15) is 18.4 Å². The number of anilines is 1. The molecule has 0 spiro atoms. The summed E-state index contributed by atoms with van der Waals surface area (Å²) < 4.78 is 13.2. The molecule has 4 heterocycles. The van der Waals surface area contributed by atoms with Crippen molar-refractivity contribution in [1.29, 1.82) is 0 Å². The number of pyridine rings is 3. The molecule has 162 valence electrons. The van der Waals surface area contributed by atoms with Crippen LogP contribution >= 0.6 is 0 Å². The Morgan fingerprint density at radius 3 is 2.55 bits per heavy atom. The number of benzene rings is 1. The maximum Gasteiger partial charge on any atom is 0.232 e. The lowest BCUT2D eigenvalue weighted by atomic mass is 10.0. The fraction of sp³-hybridized carbons (Fsp3) is 0.0769. The molecule has 5 aromatic rings. The Balaban J connectivity index is 1.50. The highest BCUT2D eigenvalue weighted by atomic mass is 19.1. The minimum absolute atomic E-state index is 0.227. The Bertz CT molecular complexity index is 1430. The van der Waals surface area contributed by atoms with Gasteiger partial charge in [-0.1, -0.05) is 18.2 Å². The van der Waals surface area contributed by atoms with Gasteiger partial charge in [-0.25, -0.2) is 9.37 Å². The topological polar surface area (TPSA) is 83.6 Å². The molecule has 0 saturated heterocycles. The number of rotatable bonds is 5. The van der Waals surface area contributed by atoms with E-state index in [0.717, 1.165) is 39.1 Å². The maximum absolute atomic E-state index is 13.2. The number of halogens is 1. The number of fused-ring (bicyclic) bond motifs is 1. The van der Waals surface area contributed by atoms with E-state index in [1.165, 1.54) is 12.1 Å². The van der Waals surface area contributed by atoms with E-state index >= 15 is 0 Å². The third-order valence-corrected chi connectivity index (χ3v) is 5.54. The van der Waals surface area contributed by atoms with Gasteiger partial charge in [0.25, 0.3) is 0 Å². The zero-order valence-corrected chi connectivity index (χ0v) is 17.8. The molecule has 5 rings (SSSR count). The Hall–Kier alpha value is -4.39. The monoisotopic (exact) mass is 437 g/mol. The summed E-state index contributed by atoms with van der Waals surface area (Å²) in [5, 5.41) is 2.87. The van der Waals surface area contributed by atoms with E-state index in [2.05, 4.69) is 25.3 Å². The van der Waals surface area contributed by atoms with Gasteiger partial charge in [-0.15, -0.1) is 0 Å². The minimum Gasteiger partial charge on any atom is -0.353 e. The molecule has 1 atom stereocenters. The Morgan fingerprint density at radius 2 is 1.76 bits per heavy atom. The molecule has 4 aromatic heterocycles. The van der Waals surface area contributed by atoms with Gasteiger partial charge in [-0.3, -0.25) is 14.8 Å². The van der Waals surface area contributed by atoms with Gasteiger partial charge >= 0.3 is 0 Å². The van der Waals surface area contributed by atoms with Gasteiger partial charge in [0.2, 0.25) is 5.91 Å². The molecule has 6 nitrogen and oxygen atoms in total. The second kappa shape index (κ2) is 8.63. The summed E-state index contributed by atoms with van der Waals surface area (Å²) in [5.74, 6) is -0.603. The lowest BCUT2D eigenvalue weighted by Gasteiger charge is -2.13. The Labute approximate surface area is 189 Å². The molecule has 1 aromatic carbocycles. The number of aromatic amines is 1. The molecule has 0 fully saturated rings. The predicted octanol–water partition coefficient (Wildman–Crippen LogP) is 5.57. The number of carbonyl (C=O) groups is 1. The lowest BCUT2D eigenvalue weighted by molar-refractivity contribution is -0.117. The van der Waals surface area contributed by atoms with Crippen molar-refractivity contribution in [2.75, 3.05) is 5.32 Å². The molecule has 0 aliphatic heterocycles. The van der Waals surface area contributed by atoms with Gasteiger partial charge in [0, 0.05) is 24.2 Å². The Morgan fingerprint density at radius 1 is 0.939 bits per heavy atom. The van der Waals surface area contributed by atoms with Crippen molar-refractivity contribution in [3.63, 3.8) is 0 Å². The smallest absolute Gasteiger partial charge is 0.232 e. The average Bonchev–Trinajstić information content (AvgIpc) is 3.24. The van der Waals surface area contributed by atoms with Crippen LogP contribution in [0.2, 0.25) is 0 Å². The fourth-order valence-electron chi connectivity index (χ4n) is 3.79. The van der Waals surface area contributed by atoms with E-state index in [0.29, 0.717) is 5.82 Å². The van der Waals surface area contributed by atoms with Gasteiger partial charge < -0.3 is 10.3 Å². The van der Waals surface area contributed by atoms with E-state index in [1.807, 2.05) is 42.5 Å². The van der Waals surface area contributed by atoms with E-state index in [4.69, 9.17) is 0 Å². The molecule has 0 aliphatic rings. The summed E-state index contributed by atoms with van der Waals surface area (Å²) in [6.45, 7) is 1.77. The SMILES string of the molecule is C[C@H](C(=O)Nc1cc(-c2[nH]c3cccnc3c2-c2ccccn2)ccn1)c1ccc(F)cc1. The number of H-pyrrole nitrogens is 1. The van der Waals surface area contributed by atoms with Crippen molar-refractivity contribution >= 4 is 22.8 Å². The number of aromatic nitrogens is 4. The molecule has 1 amide bonds. The normalized spacial score (nSPS) is 11.9. The summed E-state index contributed by atoms with van der Waals surface area (Å²) in [7, 11) is 0. The first-order valence-corrected chi connectivity index (χ1v) is 10.5. The number of nitrogens with one attached hydrogen (secondary N) is 2.